The van der Waals surface area contributed by atoms with Crippen LogP contribution in [0.4, 0.5) is 0 Å². The van der Waals surface area contributed by atoms with Crippen molar-refractivity contribution in [2.24, 2.45) is 5.16 Å². The SMILES string of the molecule is CCOC(=O)c1cc[n+](COC[n+]2ccccc2C=NO)cc1.[I-].[I-]. The van der Waals surface area contributed by atoms with Crippen LogP contribution in [-0.4, -0.2) is 24.0 Å². The molecule has 0 saturated carbocycles. The fourth-order valence-electron chi connectivity index (χ4n) is 1.92. The second kappa shape index (κ2) is 12.9. The highest BCUT2D eigenvalue weighted by Gasteiger charge is 2.11. The normalized spacial score (nSPS) is 9.96. The molecule has 0 aromatic carbocycles. The van der Waals surface area contributed by atoms with Crippen molar-refractivity contribution in [1.82, 2.24) is 0 Å². The summed E-state index contributed by atoms with van der Waals surface area (Å²) in [5, 5.41) is 11.7. The summed E-state index contributed by atoms with van der Waals surface area (Å²) in [6.07, 6.45) is 6.66. The summed E-state index contributed by atoms with van der Waals surface area (Å²) in [6, 6.07) is 8.88. The predicted octanol–water partition coefficient (Wildman–Crippen LogP) is -5.11. The standard InChI is InChI=1S/C16H18N3O4.2HI/c1-2-23-16(20)14-6-9-18(10-7-14)12-22-13-19-8-4-3-5-15(19)11-17-21;;/h3-11H,2,12-13H2,1H3;2*1H/q+1;;/p-1. The first-order valence-corrected chi connectivity index (χ1v) is 7.14. The number of rotatable bonds is 7. The van der Waals surface area contributed by atoms with Crippen molar-refractivity contribution in [2.75, 3.05) is 6.61 Å². The Labute approximate surface area is 180 Å². The summed E-state index contributed by atoms with van der Waals surface area (Å²) in [7, 11) is 0. The van der Waals surface area contributed by atoms with Crippen LogP contribution in [0.15, 0.2) is 54.1 Å². The first-order valence-electron chi connectivity index (χ1n) is 7.14. The van der Waals surface area contributed by atoms with Crippen molar-refractivity contribution < 1.29 is 76.6 Å². The van der Waals surface area contributed by atoms with E-state index in [4.69, 9.17) is 14.7 Å². The van der Waals surface area contributed by atoms with Crippen LogP contribution in [0.3, 0.4) is 0 Å². The average molecular weight is 571 g/mol. The Balaban J connectivity index is 0.00000288. The lowest BCUT2D eigenvalue weighted by atomic mass is 10.3. The average Bonchev–Trinajstić information content (AvgIpc) is 2.57. The van der Waals surface area contributed by atoms with Crippen LogP contribution in [-0.2, 0) is 22.9 Å². The Kier molecular flexibility index (Phi) is 12.2. The van der Waals surface area contributed by atoms with E-state index in [1.165, 1.54) is 6.21 Å². The highest BCUT2D eigenvalue weighted by Crippen LogP contribution is 1.98. The Morgan fingerprint density at radius 3 is 2.52 bits per heavy atom. The van der Waals surface area contributed by atoms with Gasteiger partial charge >= 0.3 is 5.97 Å². The zero-order chi connectivity index (χ0) is 16.5. The molecule has 0 atom stereocenters. The van der Waals surface area contributed by atoms with E-state index in [9.17, 15) is 4.79 Å². The van der Waals surface area contributed by atoms with Crippen molar-refractivity contribution >= 4 is 12.2 Å². The van der Waals surface area contributed by atoms with E-state index in [0.29, 0.717) is 25.6 Å². The van der Waals surface area contributed by atoms with E-state index >= 15 is 0 Å². The van der Waals surface area contributed by atoms with E-state index in [0.717, 1.165) is 5.69 Å². The van der Waals surface area contributed by atoms with Crippen LogP contribution in [0.25, 0.3) is 0 Å². The number of aromatic nitrogens is 2. The number of halogens is 2. The van der Waals surface area contributed by atoms with Crippen molar-refractivity contribution in [1.29, 1.82) is 0 Å². The van der Waals surface area contributed by atoms with Gasteiger partial charge < -0.3 is 57.9 Å². The number of carbonyl (C=O) groups is 1. The van der Waals surface area contributed by atoms with Crippen molar-refractivity contribution in [2.45, 2.75) is 20.4 Å². The molecule has 0 aliphatic heterocycles. The second-order valence-corrected chi connectivity index (χ2v) is 4.62. The highest BCUT2D eigenvalue weighted by molar-refractivity contribution is 5.88. The van der Waals surface area contributed by atoms with Gasteiger partial charge in [0.15, 0.2) is 18.6 Å². The molecule has 2 rings (SSSR count). The number of pyridine rings is 2. The van der Waals surface area contributed by atoms with Gasteiger partial charge in [-0.2, -0.15) is 9.13 Å². The van der Waals surface area contributed by atoms with Gasteiger partial charge in [0.1, 0.15) is 6.21 Å². The van der Waals surface area contributed by atoms with Crippen LogP contribution in [0.2, 0.25) is 0 Å². The van der Waals surface area contributed by atoms with E-state index in [1.54, 1.807) is 40.6 Å². The molecule has 7 nitrogen and oxygen atoms in total. The number of esters is 1. The number of nitrogens with zero attached hydrogens (tertiary/aromatic N) is 3. The molecule has 0 aliphatic carbocycles. The first kappa shape index (κ1) is 23.7. The Morgan fingerprint density at radius 1 is 1.16 bits per heavy atom. The maximum absolute atomic E-state index is 11.6. The van der Waals surface area contributed by atoms with Gasteiger partial charge in [0, 0.05) is 24.3 Å². The third kappa shape index (κ3) is 7.61. The monoisotopic (exact) mass is 571 g/mol. The molecular formula is C16H19I2N3O4. The molecule has 0 bridgehead atoms. The summed E-state index contributed by atoms with van der Waals surface area (Å²) >= 11 is 0. The molecule has 0 spiro atoms. The summed E-state index contributed by atoms with van der Waals surface area (Å²) in [5.41, 5.74) is 1.22. The van der Waals surface area contributed by atoms with Gasteiger partial charge in [-0.3, -0.25) is 4.74 Å². The summed E-state index contributed by atoms with van der Waals surface area (Å²) < 4.78 is 14.1. The smallest absolute Gasteiger partial charge is 0.338 e. The third-order valence-corrected chi connectivity index (χ3v) is 3.04. The van der Waals surface area contributed by atoms with E-state index < -0.39 is 0 Å². The summed E-state index contributed by atoms with van der Waals surface area (Å²) in [5.74, 6) is -0.339. The van der Waals surface area contributed by atoms with Crippen molar-refractivity contribution in [3.63, 3.8) is 0 Å². The lowest BCUT2D eigenvalue weighted by Crippen LogP contribution is -3.00. The minimum absolute atomic E-state index is 0. The van der Waals surface area contributed by atoms with Gasteiger partial charge in [-0.05, 0) is 13.0 Å². The number of oxime groups is 1. The molecule has 2 heterocycles. The molecule has 2 aromatic rings. The van der Waals surface area contributed by atoms with Crippen LogP contribution < -0.4 is 57.1 Å². The second-order valence-electron chi connectivity index (χ2n) is 4.62. The minimum atomic E-state index is -0.339. The first-order chi connectivity index (χ1) is 11.2. The number of hydrogen-bond donors (Lipinski definition) is 1. The van der Waals surface area contributed by atoms with E-state index in [1.807, 2.05) is 24.4 Å². The fourth-order valence-corrected chi connectivity index (χ4v) is 1.92. The molecule has 0 amide bonds. The maximum atomic E-state index is 11.6. The van der Waals surface area contributed by atoms with Crippen LogP contribution in [0.5, 0.6) is 0 Å². The number of hydrogen-bond acceptors (Lipinski definition) is 5. The highest BCUT2D eigenvalue weighted by atomic mass is 127. The lowest BCUT2D eigenvalue weighted by Gasteiger charge is -2.02. The molecule has 0 fully saturated rings. The van der Waals surface area contributed by atoms with Gasteiger partial charge in [-0.25, -0.2) is 4.79 Å². The van der Waals surface area contributed by atoms with Crippen LogP contribution >= 0.6 is 0 Å². The molecule has 0 saturated heterocycles. The summed E-state index contributed by atoms with van der Waals surface area (Å²) in [4.78, 5) is 11.6. The predicted molar refractivity (Wildman–Crippen MR) is 79.7 cm³/mol. The van der Waals surface area contributed by atoms with Crippen molar-refractivity contribution in [3.05, 3.63) is 60.2 Å². The zero-order valence-electron chi connectivity index (χ0n) is 13.6. The van der Waals surface area contributed by atoms with Gasteiger partial charge in [-0.15, -0.1) is 0 Å². The van der Waals surface area contributed by atoms with Crippen LogP contribution in [0, 0.1) is 0 Å². The minimum Gasteiger partial charge on any atom is -1.00 e. The Morgan fingerprint density at radius 2 is 1.88 bits per heavy atom. The molecule has 1 N–H and O–H groups in total. The quantitative estimate of drug-likeness (QED) is 0.0903. The van der Waals surface area contributed by atoms with Crippen molar-refractivity contribution in [3.8, 4) is 0 Å². The molecule has 9 heteroatoms. The summed E-state index contributed by atoms with van der Waals surface area (Å²) in [6.45, 7) is 2.74. The largest absolute Gasteiger partial charge is 1.00 e. The molecule has 2 aromatic heterocycles. The molecule has 0 radical (unpaired) electrons. The van der Waals surface area contributed by atoms with E-state index in [2.05, 4.69) is 5.16 Å². The van der Waals surface area contributed by atoms with Gasteiger partial charge in [0.05, 0.1) is 12.2 Å². The van der Waals surface area contributed by atoms with Crippen LogP contribution in [0.1, 0.15) is 23.0 Å². The fraction of sp³-hybridized carbons (Fsp3) is 0.250. The van der Waals surface area contributed by atoms with Gasteiger partial charge in [0.25, 0.3) is 13.5 Å². The molecule has 136 valence electrons. The molecule has 0 aliphatic rings. The Hall–Kier alpha value is -1.34. The van der Waals surface area contributed by atoms with Gasteiger partial charge in [-0.1, -0.05) is 5.16 Å². The number of carbonyl (C=O) groups excluding carboxylic acids is 1. The lowest BCUT2D eigenvalue weighted by molar-refractivity contribution is -0.788. The molecular weight excluding hydrogens is 552 g/mol. The Bertz CT molecular complexity index is 681. The zero-order valence-corrected chi connectivity index (χ0v) is 17.9. The molecule has 25 heavy (non-hydrogen) atoms. The number of ether oxygens (including phenoxy) is 2. The topological polar surface area (TPSA) is 75.9 Å². The maximum Gasteiger partial charge on any atom is 0.338 e. The molecule has 0 unspecified atom stereocenters. The van der Waals surface area contributed by atoms with E-state index in [-0.39, 0.29) is 53.9 Å². The third-order valence-electron chi connectivity index (χ3n) is 3.04. The van der Waals surface area contributed by atoms with Gasteiger partial charge in [0.2, 0.25) is 5.69 Å².